The van der Waals surface area contributed by atoms with Crippen LogP contribution in [-0.4, -0.2) is 29.4 Å². The lowest BCUT2D eigenvalue weighted by atomic mass is 10.2. The Morgan fingerprint density at radius 3 is 1.61 bits per heavy atom. The topological polar surface area (TPSA) is 75.1 Å². The van der Waals surface area contributed by atoms with Crippen LogP contribution in [0.25, 0.3) is 0 Å². The third-order valence-corrected chi connectivity index (χ3v) is 4.47. The lowest BCUT2D eigenvalue weighted by Crippen LogP contribution is -2.26. The molecular formula is C17H14ClF6N5S2. The molecule has 0 heterocycles. The molecule has 0 amide bonds. The van der Waals surface area contributed by atoms with Crippen molar-refractivity contribution in [2.45, 2.75) is 20.8 Å². The largest absolute Gasteiger partial charge is 0.446 e. The summed E-state index contributed by atoms with van der Waals surface area (Å²) in [7, 11) is 0. The average Bonchev–Trinajstić information content (AvgIpc) is 2.62. The summed E-state index contributed by atoms with van der Waals surface area (Å²) in [4.78, 5) is 0.0942. The second-order valence-corrected chi connectivity index (χ2v) is 7.61. The average molecular weight is 502 g/mol. The number of thioether (sulfide) groups is 2. The van der Waals surface area contributed by atoms with Crippen LogP contribution in [0.5, 0.6) is 0 Å². The van der Waals surface area contributed by atoms with Gasteiger partial charge in [-0.15, -0.1) is 17.5 Å². The van der Waals surface area contributed by atoms with Gasteiger partial charge in [0.15, 0.2) is 0 Å². The molecule has 0 aromatic heterocycles. The maximum atomic E-state index is 12.3. The van der Waals surface area contributed by atoms with E-state index in [1.54, 1.807) is 0 Å². The summed E-state index contributed by atoms with van der Waals surface area (Å²) in [5, 5.41) is 11.1. The molecule has 0 bridgehead atoms. The van der Waals surface area contributed by atoms with Crippen molar-refractivity contribution in [2.75, 3.05) is 0 Å². The van der Waals surface area contributed by atoms with Crippen molar-refractivity contribution in [2.24, 2.45) is 21.0 Å². The quantitative estimate of drug-likeness (QED) is 0.177. The Balaban J connectivity index is 0.00000480. The molecule has 168 valence electrons. The van der Waals surface area contributed by atoms with Crippen molar-refractivity contribution in [1.29, 1.82) is 0 Å². The molecule has 0 spiro atoms. The van der Waals surface area contributed by atoms with Crippen LogP contribution in [0.3, 0.4) is 0 Å². The highest BCUT2D eigenvalue weighted by Crippen LogP contribution is 2.37. The van der Waals surface area contributed by atoms with Crippen molar-refractivity contribution in [3.8, 4) is 0 Å². The van der Waals surface area contributed by atoms with Gasteiger partial charge >= 0.3 is 11.0 Å². The van der Waals surface area contributed by atoms with E-state index in [9.17, 15) is 26.3 Å². The first kappa shape index (κ1) is 26.7. The number of halogens is 7. The zero-order valence-electron chi connectivity index (χ0n) is 15.2. The molecule has 0 atom stereocenters. The van der Waals surface area contributed by atoms with Crippen LogP contribution in [0.1, 0.15) is 11.1 Å². The first-order valence-corrected chi connectivity index (χ1v) is 9.51. The van der Waals surface area contributed by atoms with Crippen LogP contribution in [0.2, 0.25) is 0 Å². The Hall–Kier alpha value is -2.38. The number of alkyl halides is 6. The predicted molar refractivity (Wildman–Crippen MR) is 114 cm³/mol. The molecule has 5 nitrogen and oxygen atoms in total. The van der Waals surface area contributed by atoms with Crippen molar-refractivity contribution >= 4 is 54.3 Å². The van der Waals surface area contributed by atoms with Crippen molar-refractivity contribution in [3.05, 3.63) is 59.7 Å². The lowest BCUT2D eigenvalue weighted by molar-refractivity contribution is -0.0337. The van der Waals surface area contributed by atoms with Crippen LogP contribution in [0.15, 0.2) is 73.6 Å². The molecular weight excluding hydrogens is 488 g/mol. The number of nitrogens with one attached hydrogen (secondary N) is 1. The summed E-state index contributed by atoms with van der Waals surface area (Å²) in [5.74, 6) is -0.170. The van der Waals surface area contributed by atoms with Gasteiger partial charge in [-0.2, -0.15) is 36.5 Å². The number of hydrogen-bond donors (Lipinski definition) is 2. The predicted octanol–water partition coefficient (Wildman–Crippen LogP) is 5.60. The molecule has 0 fully saturated rings. The summed E-state index contributed by atoms with van der Waals surface area (Å²) < 4.78 is 73.6. The lowest BCUT2D eigenvalue weighted by Gasteiger charge is -2.05. The SMILES string of the molecule is Cl.N/C(=N\N=C\c1ccc(SC(F)(F)F)cc1)N/N=C/c1ccc(SC(F)(F)F)cc1. The number of nitrogens with two attached hydrogens (primary N) is 1. The molecule has 2 aromatic rings. The van der Waals surface area contributed by atoms with E-state index in [0.717, 1.165) is 0 Å². The van der Waals surface area contributed by atoms with Crippen LogP contribution < -0.4 is 11.2 Å². The highest BCUT2D eigenvalue weighted by molar-refractivity contribution is 8.00. The molecule has 2 rings (SSSR count). The molecule has 0 aliphatic heterocycles. The molecule has 0 saturated heterocycles. The summed E-state index contributed by atoms with van der Waals surface area (Å²) in [6.45, 7) is 0. The minimum Gasteiger partial charge on any atom is -0.367 e. The van der Waals surface area contributed by atoms with Gasteiger partial charge in [0.2, 0.25) is 5.96 Å². The third kappa shape index (κ3) is 11.5. The van der Waals surface area contributed by atoms with Crippen molar-refractivity contribution < 1.29 is 26.3 Å². The summed E-state index contributed by atoms with van der Waals surface area (Å²) in [5.41, 5.74) is 0.250. The number of nitrogens with zero attached hydrogens (tertiary/aromatic N) is 3. The fraction of sp³-hybridized carbons (Fsp3) is 0.118. The number of rotatable bonds is 6. The molecule has 0 aliphatic carbocycles. The molecule has 0 saturated carbocycles. The van der Waals surface area contributed by atoms with E-state index in [4.69, 9.17) is 5.73 Å². The number of hydrogen-bond acceptors (Lipinski definition) is 5. The highest BCUT2D eigenvalue weighted by atomic mass is 35.5. The molecule has 0 unspecified atom stereocenters. The Morgan fingerprint density at radius 2 is 1.19 bits per heavy atom. The van der Waals surface area contributed by atoms with Crippen molar-refractivity contribution in [3.63, 3.8) is 0 Å². The van der Waals surface area contributed by atoms with Crippen molar-refractivity contribution in [1.82, 2.24) is 5.43 Å². The standard InChI is InChI=1S/C17H13F6N5S2.ClH/c18-16(19,20)29-13-5-1-11(2-6-13)9-25-27-15(24)28-26-10-12-3-7-14(8-4-12)30-17(21,22)23;/h1-10H,(H3,24,27,28);1H/b25-9+,26-10+;. The zero-order chi connectivity index (χ0) is 22.2. The Kier molecular flexibility index (Phi) is 10.2. The van der Waals surface area contributed by atoms with Gasteiger partial charge in [-0.1, -0.05) is 24.3 Å². The number of benzene rings is 2. The first-order chi connectivity index (χ1) is 14.0. The monoisotopic (exact) mass is 501 g/mol. The minimum absolute atomic E-state index is 0. The van der Waals surface area contributed by atoms with E-state index in [-0.39, 0.29) is 51.7 Å². The van der Waals surface area contributed by atoms with Gasteiger partial charge in [0.1, 0.15) is 0 Å². The molecule has 31 heavy (non-hydrogen) atoms. The molecule has 2 aromatic carbocycles. The number of hydrazone groups is 1. The van der Waals surface area contributed by atoms with E-state index < -0.39 is 11.0 Å². The van der Waals surface area contributed by atoms with Gasteiger partial charge < -0.3 is 5.73 Å². The Bertz CT molecular complexity index is 913. The minimum atomic E-state index is -4.36. The third-order valence-electron chi connectivity index (χ3n) is 2.99. The molecule has 14 heteroatoms. The Morgan fingerprint density at radius 1 is 0.774 bits per heavy atom. The fourth-order valence-electron chi connectivity index (χ4n) is 1.86. The second-order valence-electron chi connectivity index (χ2n) is 5.33. The summed E-state index contributed by atoms with van der Waals surface area (Å²) >= 11 is -0.439. The summed E-state index contributed by atoms with van der Waals surface area (Å²) in [6.07, 6.45) is 2.61. The van der Waals surface area contributed by atoms with Gasteiger partial charge in [0.25, 0.3) is 0 Å². The van der Waals surface area contributed by atoms with Gasteiger partial charge in [-0.3, -0.25) is 0 Å². The van der Waals surface area contributed by atoms with Crippen LogP contribution in [0, 0.1) is 0 Å². The zero-order valence-corrected chi connectivity index (χ0v) is 17.6. The van der Waals surface area contributed by atoms with E-state index in [2.05, 4.69) is 20.7 Å². The van der Waals surface area contributed by atoms with Crippen LogP contribution in [-0.2, 0) is 0 Å². The van der Waals surface area contributed by atoms with E-state index >= 15 is 0 Å². The Labute approximate surface area is 187 Å². The maximum absolute atomic E-state index is 12.3. The van der Waals surface area contributed by atoms with E-state index in [0.29, 0.717) is 11.1 Å². The van der Waals surface area contributed by atoms with Gasteiger partial charge in [0, 0.05) is 9.79 Å². The van der Waals surface area contributed by atoms with Crippen LogP contribution >= 0.6 is 35.9 Å². The highest BCUT2D eigenvalue weighted by Gasteiger charge is 2.29. The fourth-order valence-corrected chi connectivity index (χ4v) is 2.94. The maximum Gasteiger partial charge on any atom is 0.446 e. The van der Waals surface area contributed by atoms with Gasteiger partial charge in [-0.25, -0.2) is 5.43 Å². The first-order valence-electron chi connectivity index (χ1n) is 7.87. The second kappa shape index (κ2) is 11.9. The van der Waals surface area contributed by atoms with E-state index in [1.165, 1.54) is 61.0 Å². The van der Waals surface area contributed by atoms with Gasteiger partial charge in [0.05, 0.1) is 12.4 Å². The molecule has 0 radical (unpaired) electrons. The smallest absolute Gasteiger partial charge is 0.367 e. The number of guanidine groups is 1. The normalized spacial score (nSPS) is 12.9. The van der Waals surface area contributed by atoms with Gasteiger partial charge in [-0.05, 0) is 58.9 Å². The van der Waals surface area contributed by atoms with Crippen LogP contribution in [0.4, 0.5) is 26.3 Å². The molecule has 0 aliphatic rings. The molecule has 3 N–H and O–H groups in total. The summed E-state index contributed by atoms with van der Waals surface area (Å²) in [6, 6.07) is 11.0. The van der Waals surface area contributed by atoms with E-state index in [1.807, 2.05) is 0 Å².